The molecule has 4 amide bonds. The first-order valence-electron chi connectivity index (χ1n) is 9.87. The normalized spacial score (nSPS) is 25.9. The topological polar surface area (TPSA) is 116 Å². The number of hydrogen-bond acceptors (Lipinski definition) is 6. The number of carbonyl (C=O) groups excluding carboxylic acids is 3. The number of rotatable bonds is 5. The molecule has 2 aliphatic heterocycles. The van der Waals surface area contributed by atoms with Crippen LogP contribution in [0.3, 0.4) is 0 Å². The number of allylic oxidation sites excluding steroid dienone is 2. The molecule has 4 rings (SSSR count). The van der Waals surface area contributed by atoms with E-state index in [1.165, 1.54) is 29.9 Å². The van der Waals surface area contributed by atoms with E-state index in [-0.39, 0.29) is 17.4 Å². The zero-order chi connectivity index (χ0) is 21.7. The lowest BCUT2D eigenvalue weighted by Crippen LogP contribution is -2.57. The molecule has 0 aromatic heterocycles. The fourth-order valence-electron chi connectivity index (χ4n) is 3.69. The summed E-state index contributed by atoms with van der Waals surface area (Å²) in [6.45, 7) is 3.07. The molecule has 1 atom stereocenters. The molecule has 1 unspecified atom stereocenters. The van der Waals surface area contributed by atoms with Crippen LogP contribution in [0.2, 0.25) is 0 Å². The van der Waals surface area contributed by atoms with Crippen LogP contribution >= 0.6 is 0 Å². The van der Waals surface area contributed by atoms with E-state index in [9.17, 15) is 22.8 Å². The number of imide groups is 1. The molecule has 0 bridgehead atoms. The number of amides is 4. The standard InChI is InChI=1S/C19H25N4O6S/c1-19(5-6-19)20-30(27,28)13-3-4-15-14(11-13)17(25)23(18(26)21(15)2)12-16(24)22-7-9-29-10-8-22/h3-4,11,14,20H,5-10,12H2,1-2H3/q+1. The minimum Gasteiger partial charge on any atom is -0.378 e. The van der Waals surface area contributed by atoms with Crippen molar-refractivity contribution >= 4 is 33.6 Å². The number of nitrogens with one attached hydrogen (secondary N) is 1. The van der Waals surface area contributed by atoms with E-state index < -0.39 is 33.4 Å². The van der Waals surface area contributed by atoms with Crippen molar-refractivity contribution < 1.29 is 32.1 Å². The molecule has 10 nitrogen and oxygen atoms in total. The average Bonchev–Trinajstić information content (AvgIpc) is 3.45. The van der Waals surface area contributed by atoms with Gasteiger partial charge in [0.05, 0.1) is 25.2 Å². The van der Waals surface area contributed by atoms with Crippen molar-refractivity contribution in [2.24, 2.45) is 5.92 Å². The largest absolute Gasteiger partial charge is 0.501 e. The molecule has 0 radical (unpaired) electrons. The van der Waals surface area contributed by atoms with Gasteiger partial charge in [-0.15, -0.1) is 4.90 Å². The van der Waals surface area contributed by atoms with E-state index in [4.69, 9.17) is 4.74 Å². The van der Waals surface area contributed by atoms with Gasteiger partial charge in [-0.3, -0.25) is 4.79 Å². The van der Waals surface area contributed by atoms with Gasteiger partial charge in [-0.1, -0.05) is 0 Å². The minimum atomic E-state index is -3.79. The predicted octanol–water partition coefficient (Wildman–Crippen LogP) is -0.567. The van der Waals surface area contributed by atoms with Crippen molar-refractivity contribution in [3.8, 4) is 0 Å². The fourth-order valence-corrected chi connectivity index (χ4v) is 5.23. The SMILES string of the molecule is C[N+]1=C2C=CC(S(=O)(=O)NC3(C)CC3)=CC2C(=O)N(CC(=O)N2CCOCC2)C1=O. The molecule has 2 heterocycles. The molecule has 1 saturated carbocycles. The Balaban J connectivity index is 1.58. The maximum absolute atomic E-state index is 13.1. The lowest BCUT2D eigenvalue weighted by Gasteiger charge is -2.30. The number of ether oxygens (including phenoxy) is 1. The van der Waals surface area contributed by atoms with Crippen molar-refractivity contribution in [2.75, 3.05) is 39.9 Å². The lowest BCUT2D eigenvalue weighted by molar-refractivity contribution is -0.406. The summed E-state index contributed by atoms with van der Waals surface area (Å²) < 4.78 is 34.6. The van der Waals surface area contributed by atoms with Gasteiger partial charge in [0.1, 0.15) is 11.6 Å². The van der Waals surface area contributed by atoms with Gasteiger partial charge in [-0.05, 0) is 38.0 Å². The van der Waals surface area contributed by atoms with Gasteiger partial charge < -0.3 is 9.64 Å². The van der Waals surface area contributed by atoms with Gasteiger partial charge >= 0.3 is 11.9 Å². The van der Waals surface area contributed by atoms with Gasteiger partial charge in [-0.2, -0.15) is 9.37 Å². The maximum Gasteiger partial charge on any atom is 0.501 e. The lowest BCUT2D eigenvalue weighted by atomic mass is 9.94. The highest BCUT2D eigenvalue weighted by Crippen LogP contribution is 2.36. The molecule has 1 saturated heterocycles. The van der Waals surface area contributed by atoms with E-state index >= 15 is 0 Å². The molecule has 162 valence electrons. The number of fused-ring (bicyclic) bond motifs is 1. The van der Waals surface area contributed by atoms with Crippen LogP contribution in [0.25, 0.3) is 0 Å². The van der Waals surface area contributed by atoms with Crippen molar-refractivity contribution in [2.45, 2.75) is 25.3 Å². The molecule has 2 fully saturated rings. The smallest absolute Gasteiger partial charge is 0.378 e. The Morgan fingerprint density at radius 3 is 2.57 bits per heavy atom. The number of sulfonamides is 1. The van der Waals surface area contributed by atoms with E-state index in [1.54, 1.807) is 4.90 Å². The summed E-state index contributed by atoms with van der Waals surface area (Å²) in [5.41, 5.74) is -0.0612. The Morgan fingerprint density at radius 2 is 1.93 bits per heavy atom. The number of nitrogens with zero attached hydrogens (tertiary/aromatic N) is 3. The molecule has 0 aromatic rings. The van der Waals surface area contributed by atoms with Crippen molar-refractivity contribution in [1.82, 2.24) is 14.5 Å². The fraction of sp³-hybridized carbons (Fsp3) is 0.579. The first-order chi connectivity index (χ1) is 14.1. The second-order valence-electron chi connectivity index (χ2n) is 8.23. The van der Waals surface area contributed by atoms with E-state index in [0.29, 0.717) is 32.0 Å². The molecule has 0 aromatic carbocycles. The highest BCUT2D eigenvalue weighted by Gasteiger charge is 2.49. The Hall–Kier alpha value is -2.37. The van der Waals surface area contributed by atoms with Crippen molar-refractivity contribution in [3.05, 3.63) is 23.1 Å². The highest BCUT2D eigenvalue weighted by molar-refractivity contribution is 7.93. The Labute approximate surface area is 174 Å². The number of urea groups is 1. The predicted molar refractivity (Wildman–Crippen MR) is 106 cm³/mol. The summed E-state index contributed by atoms with van der Waals surface area (Å²) in [5.74, 6) is -1.90. The number of carbonyl (C=O) groups is 3. The molecule has 0 spiro atoms. The van der Waals surface area contributed by atoms with Gasteiger partial charge in [-0.25, -0.2) is 17.9 Å². The van der Waals surface area contributed by atoms with Crippen molar-refractivity contribution in [3.63, 3.8) is 0 Å². The minimum absolute atomic E-state index is 0.0140. The quantitative estimate of drug-likeness (QED) is 0.576. The summed E-state index contributed by atoms with van der Waals surface area (Å²) in [6, 6.07) is -0.610. The highest BCUT2D eigenvalue weighted by atomic mass is 32.2. The molecule has 30 heavy (non-hydrogen) atoms. The summed E-state index contributed by atoms with van der Waals surface area (Å²) >= 11 is 0. The molecule has 4 aliphatic rings. The Morgan fingerprint density at radius 1 is 1.27 bits per heavy atom. The molecule has 2 aliphatic carbocycles. The van der Waals surface area contributed by atoms with E-state index in [2.05, 4.69) is 4.72 Å². The Kier molecular flexibility index (Phi) is 5.15. The monoisotopic (exact) mass is 437 g/mol. The van der Waals surface area contributed by atoms with Crippen LogP contribution in [0.5, 0.6) is 0 Å². The number of morpholine rings is 1. The molecule has 11 heteroatoms. The second kappa shape index (κ2) is 7.40. The zero-order valence-electron chi connectivity index (χ0n) is 17.0. The summed E-state index contributed by atoms with van der Waals surface area (Å²) in [4.78, 5) is 40.8. The Bertz CT molecular complexity index is 1000. The third kappa shape index (κ3) is 3.84. The van der Waals surface area contributed by atoms with Gasteiger partial charge in [0.15, 0.2) is 6.54 Å². The average molecular weight is 437 g/mol. The van der Waals surface area contributed by atoms with Crippen LogP contribution < -0.4 is 4.72 Å². The number of hydrogen-bond donors (Lipinski definition) is 1. The summed E-state index contributed by atoms with van der Waals surface area (Å²) in [7, 11) is -2.29. The molecular formula is C19H25N4O6S+. The van der Waals surface area contributed by atoms with E-state index in [1.807, 2.05) is 6.92 Å². The first-order valence-corrected chi connectivity index (χ1v) is 11.3. The van der Waals surface area contributed by atoms with Crippen LogP contribution in [0.15, 0.2) is 23.1 Å². The van der Waals surface area contributed by atoms with Crippen LogP contribution in [0.1, 0.15) is 19.8 Å². The summed E-state index contributed by atoms with van der Waals surface area (Å²) in [6.07, 6.45) is 5.74. The van der Waals surface area contributed by atoms with Crippen molar-refractivity contribution in [1.29, 1.82) is 0 Å². The van der Waals surface area contributed by atoms with Crippen LogP contribution in [-0.4, -0.2) is 91.8 Å². The van der Waals surface area contributed by atoms with Gasteiger partial charge in [0, 0.05) is 18.6 Å². The summed E-state index contributed by atoms with van der Waals surface area (Å²) in [5, 5.41) is 0. The van der Waals surface area contributed by atoms with Gasteiger partial charge in [0.25, 0.3) is 5.91 Å². The van der Waals surface area contributed by atoms with Crippen LogP contribution in [0.4, 0.5) is 4.79 Å². The molecular weight excluding hydrogens is 412 g/mol. The zero-order valence-corrected chi connectivity index (χ0v) is 17.8. The van der Waals surface area contributed by atoms with Gasteiger partial charge in [0.2, 0.25) is 10.0 Å². The molecule has 1 N–H and O–H groups in total. The first kappa shape index (κ1) is 20.9. The van der Waals surface area contributed by atoms with Crippen LogP contribution in [0, 0.1) is 5.92 Å². The second-order valence-corrected chi connectivity index (χ2v) is 9.91. The third-order valence-corrected chi connectivity index (χ3v) is 7.51. The van der Waals surface area contributed by atoms with E-state index in [0.717, 1.165) is 17.7 Å². The van der Waals surface area contributed by atoms with Crippen LogP contribution in [-0.2, 0) is 24.3 Å². The maximum atomic E-state index is 13.1. The third-order valence-electron chi connectivity index (χ3n) is 5.85.